The zero-order chi connectivity index (χ0) is 14.1. The molecule has 3 aromatic rings. The van der Waals surface area contributed by atoms with E-state index in [-0.39, 0.29) is 0 Å². The van der Waals surface area contributed by atoms with Crippen LogP contribution in [0.2, 0.25) is 0 Å². The molecule has 1 heterocycles. The smallest absolute Gasteiger partial charge is 0.0464 e. The van der Waals surface area contributed by atoms with E-state index in [2.05, 4.69) is 90.3 Å². The topological polar surface area (TPSA) is 12.0 Å². The van der Waals surface area contributed by atoms with E-state index in [9.17, 15) is 0 Å². The molecule has 100 valence electrons. The third-order valence-electron chi connectivity index (χ3n) is 3.83. The van der Waals surface area contributed by atoms with Gasteiger partial charge >= 0.3 is 0 Å². The number of benzene rings is 3. The molecular weight excluding hydrogens is 254 g/mol. The first-order valence-electron chi connectivity index (χ1n) is 7.14. The van der Waals surface area contributed by atoms with Gasteiger partial charge in [0.05, 0.1) is 0 Å². The van der Waals surface area contributed by atoms with Crippen LogP contribution in [-0.2, 0) is 0 Å². The van der Waals surface area contributed by atoms with Crippen molar-refractivity contribution < 1.29 is 0 Å². The first kappa shape index (κ1) is 12.0. The third kappa shape index (κ3) is 2.13. The van der Waals surface area contributed by atoms with E-state index >= 15 is 0 Å². The van der Waals surface area contributed by atoms with Gasteiger partial charge in [0.25, 0.3) is 0 Å². The van der Waals surface area contributed by atoms with Crippen molar-refractivity contribution in [1.29, 1.82) is 0 Å². The maximum absolute atomic E-state index is 3.55. The summed E-state index contributed by atoms with van der Waals surface area (Å²) in [4.78, 5) is 0. The molecule has 1 aliphatic rings. The average Bonchev–Trinajstić information content (AvgIpc) is 2.72. The summed E-state index contributed by atoms with van der Waals surface area (Å²) < 4.78 is 0. The molecule has 0 amide bonds. The second kappa shape index (κ2) is 4.95. The molecule has 0 atom stereocenters. The second-order valence-corrected chi connectivity index (χ2v) is 5.18. The molecule has 0 aromatic heterocycles. The molecule has 0 unspecified atom stereocenters. The fourth-order valence-corrected chi connectivity index (χ4v) is 2.80. The van der Waals surface area contributed by atoms with Crippen molar-refractivity contribution in [2.24, 2.45) is 0 Å². The van der Waals surface area contributed by atoms with Crippen LogP contribution in [0.1, 0.15) is 16.7 Å². The Kier molecular flexibility index (Phi) is 2.82. The zero-order valence-electron chi connectivity index (χ0n) is 11.6. The Hall–Kier alpha value is -2.80. The fraction of sp³-hybridized carbons (Fsp3) is 0. The van der Waals surface area contributed by atoms with Gasteiger partial charge in [0.1, 0.15) is 0 Å². The van der Waals surface area contributed by atoms with Gasteiger partial charge in [0.2, 0.25) is 0 Å². The molecule has 1 nitrogen and oxygen atoms in total. The van der Waals surface area contributed by atoms with E-state index in [4.69, 9.17) is 0 Å². The van der Waals surface area contributed by atoms with Crippen LogP contribution in [0, 0.1) is 0 Å². The number of fused-ring (bicyclic) bond motifs is 2. The summed E-state index contributed by atoms with van der Waals surface area (Å²) in [6.07, 6.45) is 2.27. The van der Waals surface area contributed by atoms with Gasteiger partial charge in [-0.1, -0.05) is 66.7 Å². The second-order valence-electron chi connectivity index (χ2n) is 5.18. The number of anilines is 2. The molecule has 21 heavy (non-hydrogen) atoms. The number of rotatable bonds is 1. The summed E-state index contributed by atoms with van der Waals surface area (Å²) in [5, 5.41) is 3.55. The van der Waals surface area contributed by atoms with Gasteiger partial charge in [-0.2, -0.15) is 0 Å². The Morgan fingerprint density at radius 2 is 1.24 bits per heavy atom. The standard InChI is InChI=1S/C20H15N/c1-2-8-15(9-3-1)18-14-16-10-4-6-12-19(16)21-20-13-7-5-11-17(18)20/h1-14,21H. The summed E-state index contributed by atoms with van der Waals surface area (Å²) >= 11 is 0. The van der Waals surface area contributed by atoms with Gasteiger partial charge in [-0.25, -0.2) is 0 Å². The van der Waals surface area contributed by atoms with Crippen molar-refractivity contribution in [2.75, 3.05) is 5.32 Å². The molecule has 0 saturated carbocycles. The quantitative estimate of drug-likeness (QED) is 0.492. The Labute approximate surface area is 124 Å². The minimum Gasteiger partial charge on any atom is -0.355 e. The maximum Gasteiger partial charge on any atom is 0.0464 e. The Balaban J connectivity index is 2.00. The third-order valence-corrected chi connectivity index (χ3v) is 3.83. The highest BCUT2D eigenvalue weighted by atomic mass is 14.9. The predicted octanol–water partition coefficient (Wildman–Crippen LogP) is 5.33. The highest BCUT2D eigenvalue weighted by Crippen LogP contribution is 2.37. The highest BCUT2D eigenvalue weighted by molar-refractivity contribution is 6.00. The van der Waals surface area contributed by atoms with Crippen molar-refractivity contribution in [3.8, 4) is 0 Å². The SMILES string of the molecule is C1=C(c2ccccc2)c2ccccc2Nc2ccccc21. The molecule has 0 radical (unpaired) electrons. The summed E-state index contributed by atoms with van der Waals surface area (Å²) in [6.45, 7) is 0. The van der Waals surface area contributed by atoms with Gasteiger partial charge < -0.3 is 5.32 Å². The van der Waals surface area contributed by atoms with Crippen LogP contribution in [0.4, 0.5) is 11.4 Å². The minimum absolute atomic E-state index is 1.15. The molecule has 0 fully saturated rings. The largest absolute Gasteiger partial charge is 0.355 e. The van der Waals surface area contributed by atoms with E-state index in [1.165, 1.54) is 22.3 Å². The lowest BCUT2D eigenvalue weighted by atomic mass is 9.95. The Morgan fingerprint density at radius 3 is 2.10 bits per heavy atom. The zero-order valence-corrected chi connectivity index (χ0v) is 11.6. The van der Waals surface area contributed by atoms with Gasteiger partial charge in [-0.05, 0) is 34.9 Å². The molecular formula is C20H15N. The maximum atomic E-state index is 3.55. The molecule has 4 rings (SSSR count). The van der Waals surface area contributed by atoms with Crippen molar-refractivity contribution >= 4 is 23.0 Å². The van der Waals surface area contributed by atoms with Crippen LogP contribution >= 0.6 is 0 Å². The van der Waals surface area contributed by atoms with E-state index in [1.807, 2.05) is 0 Å². The van der Waals surface area contributed by atoms with E-state index < -0.39 is 0 Å². The average molecular weight is 269 g/mol. The lowest BCUT2D eigenvalue weighted by Gasteiger charge is -2.12. The molecule has 3 aromatic carbocycles. The molecule has 0 saturated heterocycles. The van der Waals surface area contributed by atoms with Crippen LogP contribution < -0.4 is 5.32 Å². The van der Waals surface area contributed by atoms with Gasteiger partial charge in [0.15, 0.2) is 0 Å². The summed E-state index contributed by atoms with van der Waals surface area (Å²) in [6, 6.07) is 27.4. The number of hydrogen-bond donors (Lipinski definition) is 1. The minimum atomic E-state index is 1.15. The Morgan fingerprint density at radius 1 is 0.571 bits per heavy atom. The molecule has 0 spiro atoms. The lowest BCUT2D eigenvalue weighted by molar-refractivity contribution is 1.51. The molecule has 0 bridgehead atoms. The van der Waals surface area contributed by atoms with E-state index in [0.29, 0.717) is 0 Å². The van der Waals surface area contributed by atoms with Crippen LogP contribution in [-0.4, -0.2) is 0 Å². The van der Waals surface area contributed by atoms with Crippen LogP contribution in [0.3, 0.4) is 0 Å². The van der Waals surface area contributed by atoms with Crippen LogP contribution in [0.25, 0.3) is 11.6 Å². The summed E-state index contributed by atoms with van der Waals surface area (Å²) in [5.74, 6) is 0. The van der Waals surface area contributed by atoms with Crippen molar-refractivity contribution in [1.82, 2.24) is 0 Å². The van der Waals surface area contributed by atoms with Gasteiger partial charge in [-0.3, -0.25) is 0 Å². The van der Waals surface area contributed by atoms with Crippen molar-refractivity contribution in [2.45, 2.75) is 0 Å². The monoisotopic (exact) mass is 269 g/mol. The van der Waals surface area contributed by atoms with Gasteiger partial charge in [0, 0.05) is 16.9 Å². The first-order valence-corrected chi connectivity index (χ1v) is 7.14. The number of para-hydroxylation sites is 2. The van der Waals surface area contributed by atoms with E-state index in [0.717, 1.165) is 11.4 Å². The molecule has 1 heteroatoms. The summed E-state index contributed by atoms with van der Waals surface area (Å²) in [5.41, 5.74) is 7.24. The van der Waals surface area contributed by atoms with Crippen molar-refractivity contribution in [3.05, 3.63) is 95.6 Å². The number of nitrogens with one attached hydrogen (secondary N) is 1. The number of hydrogen-bond acceptors (Lipinski definition) is 1. The Bertz CT molecular complexity index is 816. The summed E-state index contributed by atoms with van der Waals surface area (Å²) in [7, 11) is 0. The first-order chi connectivity index (χ1) is 10.4. The normalized spacial score (nSPS) is 12.5. The molecule has 1 aliphatic heterocycles. The molecule has 0 aliphatic carbocycles. The predicted molar refractivity (Wildman–Crippen MR) is 89.6 cm³/mol. The van der Waals surface area contributed by atoms with Gasteiger partial charge in [-0.15, -0.1) is 0 Å². The highest BCUT2D eigenvalue weighted by Gasteiger charge is 2.15. The fourth-order valence-electron chi connectivity index (χ4n) is 2.80. The molecule has 1 N–H and O–H groups in total. The lowest BCUT2D eigenvalue weighted by Crippen LogP contribution is -1.94. The van der Waals surface area contributed by atoms with E-state index in [1.54, 1.807) is 0 Å². The van der Waals surface area contributed by atoms with Crippen LogP contribution in [0.15, 0.2) is 78.9 Å². The van der Waals surface area contributed by atoms with Crippen LogP contribution in [0.5, 0.6) is 0 Å². The van der Waals surface area contributed by atoms with Crippen molar-refractivity contribution in [3.63, 3.8) is 0 Å².